The molecule has 15 nitrogen and oxygen atoms in total. The molecule has 16 heteroatoms. The number of anilines is 1. The van der Waals surface area contributed by atoms with Gasteiger partial charge in [-0.05, 0) is 74.4 Å². The zero-order valence-electron chi connectivity index (χ0n) is 36.1. The summed E-state index contributed by atoms with van der Waals surface area (Å²) in [6.07, 6.45) is 5.93. The normalized spacial score (nSPS) is 19.8. The number of β-amino-alcohol motifs (C(OH)–C–C–N with tert-alkyl or cyclic N) is 1. The van der Waals surface area contributed by atoms with Gasteiger partial charge in [0.05, 0.1) is 39.4 Å². The highest BCUT2D eigenvalue weighted by atomic mass is 32.1. The molecule has 5 atom stereocenters. The van der Waals surface area contributed by atoms with E-state index in [0.717, 1.165) is 65.1 Å². The van der Waals surface area contributed by atoms with Gasteiger partial charge in [-0.1, -0.05) is 55.4 Å². The summed E-state index contributed by atoms with van der Waals surface area (Å²) in [6.45, 7) is 9.34. The van der Waals surface area contributed by atoms with Crippen LogP contribution in [0.25, 0.3) is 44.0 Å². The van der Waals surface area contributed by atoms with Crippen molar-refractivity contribution >= 4 is 40.1 Å². The molecule has 2 aromatic carbocycles. The number of thiazole rings is 1. The number of hydrogen-bond acceptors (Lipinski definition) is 13. The average Bonchev–Trinajstić information content (AvgIpc) is 3.81. The Bertz CT molecular complexity index is 2830. The van der Waals surface area contributed by atoms with Gasteiger partial charge >= 0.3 is 0 Å². The largest absolute Gasteiger partial charge is 0.507 e. The zero-order chi connectivity index (χ0) is 44.2. The molecule has 2 unspecified atom stereocenters. The molecule has 0 bridgehead atoms. The van der Waals surface area contributed by atoms with E-state index in [2.05, 4.69) is 41.2 Å². The standard InChI is InChI=1S/C48H50N10O5S/c1-26(2)44(47(62)57-24-34(59)17-41(57)46(61)52-27(3)29-9-11-30(12-10-29)45-28(4)51-25-64-45)43-20-36(55-63-43)32-21-49-48(50-22-32)56-16-15-31(23-56)39-19-38-40(58(39)33-13-14-33)18-37(53-54-38)35-7-5-6-8-42(35)60/h5-12,18-22,25-27,31,33-34,41,44,59-60H,13-17,23-24H2,1-4H3,(H,52,61)/t27?,31-,34+,41-,44?/m0/s1. The van der Waals surface area contributed by atoms with Gasteiger partial charge in [0.1, 0.15) is 34.7 Å². The number of nitrogens with one attached hydrogen (secondary N) is 1. The summed E-state index contributed by atoms with van der Waals surface area (Å²) in [5.74, 6) is -0.132. The van der Waals surface area contributed by atoms with Crippen LogP contribution in [0.1, 0.15) is 93.1 Å². The Balaban J connectivity index is 0.807. The number of aromatic hydroxyl groups is 1. The zero-order valence-corrected chi connectivity index (χ0v) is 36.9. The van der Waals surface area contributed by atoms with Crippen molar-refractivity contribution in [3.8, 4) is 38.7 Å². The van der Waals surface area contributed by atoms with Crippen molar-refractivity contribution in [1.29, 1.82) is 0 Å². The number of likely N-dealkylation sites (tertiary alicyclic amines) is 1. The lowest BCUT2D eigenvalue weighted by Gasteiger charge is -2.29. The van der Waals surface area contributed by atoms with Crippen molar-refractivity contribution in [3.63, 3.8) is 0 Å². The fourth-order valence-electron chi connectivity index (χ4n) is 9.40. The topological polar surface area (TPSA) is 189 Å². The van der Waals surface area contributed by atoms with Crippen molar-refractivity contribution in [2.75, 3.05) is 24.5 Å². The molecule has 64 heavy (non-hydrogen) atoms. The van der Waals surface area contributed by atoms with Gasteiger partial charge in [0.25, 0.3) is 0 Å². The summed E-state index contributed by atoms with van der Waals surface area (Å²) in [5.41, 5.74) is 10.4. The van der Waals surface area contributed by atoms with Gasteiger partial charge in [-0.25, -0.2) is 15.0 Å². The lowest BCUT2D eigenvalue weighted by atomic mass is 9.91. The summed E-state index contributed by atoms with van der Waals surface area (Å²) >= 11 is 1.59. The molecule has 328 valence electrons. The number of para-hydroxylation sites is 1. The van der Waals surface area contributed by atoms with E-state index in [4.69, 9.17) is 14.5 Å². The number of aliphatic hydroxyl groups excluding tert-OH is 1. The van der Waals surface area contributed by atoms with E-state index < -0.39 is 18.1 Å². The van der Waals surface area contributed by atoms with Crippen LogP contribution in [-0.4, -0.2) is 93.6 Å². The monoisotopic (exact) mass is 878 g/mol. The third-order valence-electron chi connectivity index (χ3n) is 12.9. The number of nitrogens with zero attached hydrogens (tertiary/aromatic N) is 9. The number of phenols is 1. The number of amides is 2. The minimum atomic E-state index is -0.840. The van der Waals surface area contributed by atoms with E-state index in [1.807, 2.05) is 75.7 Å². The highest BCUT2D eigenvalue weighted by Crippen LogP contribution is 2.44. The van der Waals surface area contributed by atoms with Gasteiger partial charge in [-0.3, -0.25) is 9.59 Å². The van der Waals surface area contributed by atoms with Crippen LogP contribution in [0.15, 0.2) is 89.2 Å². The lowest BCUT2D eigenvalue weighted by Crippen LogP contribution is -2.48. The van der Waals surface area contributed by atoms with Crippen LogP contribution in [0.4, 0.5) is 5.95 Å². The highest BCUT2D eigenvalue weighted by molar-refractivity contribution is 7.13. The van der Waals surface area contributed by atoms with Gasteiger partial charge in [0.15, 0.2) is 0 Å². The Morgan fingerprint density at radius 1 is 0.906 bits per heavy atom. The molecule has 2 aliphatic heterocycles. The highest BCUT2D eigenvalue weighted by Gasteiger charge is 2.44. The molecule has 0 radical (unpaired) electrons. The van der Waals surface area contributed by atoms with Gasteiger partial charge < -0.3 is 34.4 Å². The fraction of sp³-hybridized carbons (Fsp3) is 0.375. The molecule has 0 spiro atoms. The van der Waals surface area contributed by atoms with Crippen LogP contribution in [0.3, 0.4) is 0 Å². The molecule has 5 aromatic heterocycles. The predicted octanol–water partition coefficient (Wildman–Crippen LogP) is 7.59. The molecule has 2 saturated heterocycles. The number of carbonyl (C=O) groups excluding carboxylic acids is 2. The van der Waals surface area contributed by atoms with E-state index in [1.54, 1.807) is 41.9 Å². The maximum Gasteiger partial charge on any atom is 0.243 e. The van der Waals surface area contributed by atoms with E-state index in [0.29, 0.717) is 40.3 Å². The third kappa shape index (κ3) is 7.89. The number of benzene rings is 2. The third-order valence-corrected chi connectivity index (χ3v) is 13.9. The van der Waals surface area contributed by atoms with Crippen LogP contribution < -0.4 is 10.2 Å². The molecule has 3 fully saturated rings. The summed E-state index contributed by atoms with van der Waals surface area (Å²) < 4.78 is 8.28. The first-order valence-electron chi connectivity index (χ1n) is 22.0. The number of aryl methyl sites for hydroxylation is 1. The number of carbonyl (C=O) groups is 2. The predicted molar refractivity (Wildman–Crippen MR) is 243 cm³/mol. The number of fused-ring (bicyclic) bond motifs is 1. The number of aliphatic hydroxyl groups is 1. The quantitative estimate of drug-likeness (QED) is 0.109. The van der Waals surface area contributed by atoms with Crippen molar-refractivity contribution in [2.45, 2.75) is 89.4 Å². The van der Waals surface area contributed by atoms with Gasteiger partial charge in [-0.2, -0.15) is 0 Å². The Hall–Kier alpha value is -6.52. The van der Waals surface area contributed by atoms with E-state index in [-0.39, 0.29) is 48.4 Å². The first-order valence-corrected chi connectivity index (χ1v) is 22.9. The van der Waals surface area contributed by atoms with Crippen molar-refractivity contribution in [2.24, 2.45) is 5.92 Å². The summed E-state index contributed by atoms with van der Waals surface area (Å²) in [5, 5.41) is 37.7. The van der Waals surface area contributed by atoms with Crippen LogP contribution in [0.5, 0.6) is 5.75 Å². The number of hydrogen-bond donors (Lipinski definition) is 3. The Morgan fingerprint density at radius 2 is 1.69 bits per heavy atom. The SMILES string of the molecule is Cc1ncsc1-c1ccc(C(C)NC(=O)[C@@H]2C[C@@H](O)CN2C(=O)C(c2cc(-c3cnc(N4CC[C@H](c5cc6nnc(-c7ccccc7O)cc6n5C5CC5)C4)nc3)no2)C(C)C)cc1. The number of phenolic OH excluding ortho intramolecular Hbond substituents is 1. The lowest BCUT2D eigenvalue weighted by molar-refractivity contribution is -0.141. The summed E-state index contributed by atoms with van der Waals surface area (Å²) in [6, 6.07) is 20.5. The maximum absolute atomic E-state index is 14.3. The Labute approximate surface area is 374 Å². The average molecular weight is 879 g/mol. The molecule has 3 N–H and O–H groups in total. The van der Waals surface area contributed by atoms with Crippen molar-refractivity contribution in [3.05, 3.63) is 107 Å². The number of aromatic nitrogens is 7. The first-order chi connectivity index (χ1) is 31.0. The Kier molecular flexibility index (Phi) is 10.9. The van der Waals surface area contributed by atoms with E-state index in [9.17, 15) is 19.8 Å². The molecule has 7 aromatic rings. The molecule has 10 rings (SSSR count). The van der Waals surface area contributed by atoms with Gasteiger partial charge in [-0.15, -0.1) is 21.5 Å². The fourth-order valence-corrected chi connectivity index (χ4v) is 10.2. The molecule has 2 amide bonds. The second-order valence-corrected chi connectivity index (χ2v) is 18.6. The molecular weight excluding hydrogens is 829 g/mol. The van der Waals surface area contributed by atoms with Crippen LogP contribution in [0.2, 0.25) is 0 Å². The second kappa shape index (κ2) is 16.9. The molecular formula is C48H50N10O5S. The van der Waals surface area contributed by atoms with Crippen LogP contribution in [-0.2, 0) is 9.59 Å². The minimum Gasteiger partial charge on any atom is -0.507 e. The van der Waals surface area contributed by atoms with Crippen LogP contribution >= 0.6 is 11.3 Å². The minimum absolute atomic E-state index is 0.0442. The molecule has 1 saturated carbocycles. The first kappa shape index (κ1) is 41.5. The van der Waals surface area contributed by atoms with Crippen LogP contribution in [0, 0.1) is 12.8 Å². The second-order valence-electron chi connectivity index (χ2n) is 17.7. The number of rotatable bonds is 12. The molecule has 1 aliphatic carbocycles. The van der Waals surface area contributed by atoms with E-state index in [1.165, 1.54) is 10.6 Å². The van der Waals surface area contributed by atoms with Crippen molar-refractivity contribution < 1.29 is 24.3 Å². The van der Waals surface area contributed by atoms with Gasteiger partial charge in [0.2, 0.25) is 17.8 Å². The van der Waals surface area contributed by atoms with Gasteiger partial charge in [0, 0.05) is 73.3 Å². The molecule has 7 heterocycles. The van der Waals surface area contributed by atoms with Crippen molar-refractivity contribution in [1.82, 2.24) is 45.1 Å². The summed E-state index contributed by atoms with van der Waals surface area (Å²) in [4.78, 5) is 46.8. The van der Waals surface area contributed by atoms with E-state index >= 15 is 0 Å². The maximum atomic E-state index is 14.3. The summed E-state index contributed by atoms with van der Waals surface area (Å²) in [7, 11) is 0. The Morgan fingerprint density at radius 3 is 2.41 bits per heavy atom. The molecule has 3 aliphatic rings. The smallest absolute Gasteiger partial charge is 0.243 e.